The fraction of sp³-hybridized carbons (Fsp3) is 0.250. The molecule has 0 saturated carbocycles. The highest BCUT2D eigenvalue weighted by Gasteiger charge is 2.30. The second-order valence-electron chi connectivity index (χ2n) is 10.3. The Labute approximate surface area is 237 Å². The van der Waals surface area contributed by atoms with Gasteiger partial charge in [-0.3, -0.25) is 19.0 Å². The molecule has 5 aromatic rings. The highest BCUT2D eigenvalue weighted by Crippen LogP contribution is 2.35. The molecule has 41 heavy (non-hydrogen) atoms. The van der Waals surface area contributed by atoms with E-state index in [4.69, 9.17) is 4.74 Å². The monoisotopic (exact) mass is 549 g/mol. The van der Waals surface area contributed by atoms with Crippen LogP contribution in [0.5, 0.6) is 5.75 Å². The molecule has 0 atom stereocenters. The third-order valence-corrected chi connectivity index (χ3v) is 7.88. The topological polar surface area (TPSA) is 98.5 Å². The minimum Gasteiger partial charge on any atom is -0.493 e. The number of aryl methyl sites for hydroxylation is 1. The van der Waals surface area contributed by atoms with Gasteiger partial charge in [0.2, 0.25) is 0 Å². The Morgan fingerprint density at radius 1 is 0.976 bits per heavy atom. The Bertz CT molecular complexity index is 1800. The van der Waals surface area contributed by atoms with Gasteiger partial charge < -0.3 is 19.5 Å². The fourth-order valence-electron chi connectivity index (χ4n) is 5.84. The van der Waals surface area contributed by atoms with Crippen LogP contribution in [0.25, 0.3) is 21.8 Å². The first kappa shape index (κ1) is 26.3. The zero-order chi connectivity index (χ0) is 28.5. The minimum atomic E-state index is -0.377. The molecule has 0 spiro atoms. The predicted octanol–water partition coefficient (Wildman–Crippen LogP) is 4.18. The Hall–Kier alpha value is -4.92. The number of methoxy groups -OCH3 is 1. The van der Waals surface area contributed by atoms with Crippen LogP contribution in [0.1, 0.15) is 33.7 Å². The molecule has 0 radical (unpaired) electrons. The molecule has 1 amide bonds. The van der Waals surface area contributed by atoms with Crippen LogP contribution in [0, 0.1) is 0 Å². The Morgan fingerprint density at radius 3 is 2.39 bits per heavy atom. The van der Waals surface area contributed by atoms with E-state index in [1.165, 1.54) is 11.7 Å². The molecule has 0 bridgehead atoms. The first-order valence-corrected chi connectivity index (χ1v) is 13.7. The van der Waals surface area contributed by atoms with E-state index in [0.29, 0.717) is 16.6 Å². The molecule has 9 nitrogen and oxygen atoms in total. The summed E-state index contributed by atoms with van der Waals surface area (Å²) in [6.45, 7) is 1.42. The van der Waals surface area contributed by atoms with E-state index < -0.39 is 0 Å². The van der Waals surface area contributed by atoms with Crippen molar-refractivity contribution in [2.24, 2.45) is 7.05 Å². The summed E-state index contributed by atoms with van der Waals surface area (Å²) in [5.74, 6) is 0.665. The lowest BCUT2D eigenvalue weighted by molar-refractivity contribution is 0.0918. The van der Waals surface area contributed by atoms with Crippen molar-refractivity contribution >= 4 is 39.3 Å². The number of ketones is 1. The van der Waals surface area contributed by atoms with Gasteiger partial charge in [0.1, 0.15) is 11.2 Å². The molecule has 1 N–H and O–H groups in total. The highest BCUT2D eigenvalue weighted by molar-refractivity contribution is 6.12. The number of benzene rings is 2. The van der Waals surface area contributed by atoms with Crippen LogP contribution in [-0.4, -0.2) is 52.0 Å². The summed E-state index contributed by atoms with van der Waals surface area (Å²) in [5, 5.41) is 4.21. The van der Waals surface area contributed by atoms with Gasteiger partial charge in [-0.2, -0.15) is 0 Å². The summed E-state index contributed by atoms with van der Waals surface area (Å²) in [4.78, 5) is 47.5. The van der Waals surface area contributed by atoms with Gasteiger partial charge in [0, 0.05) is 43.3 Å². The zero-order valence-corrected chi connectivity index (χ0v) is 23.0. The number of carbonyl (C=O) groups excluding carboxylic acids is 2. The van der Waals surface area contributed by atoms with Crippen molar-refractivity contribution in [3.8, 4) is 5.75 Å². The third-order valence-electron chi connectivity index (χ3n) is 7.88. The average molecular weight is 550 g/mol. The first-order valence-electron chi connectivity index (χ1n) is 13.7. The van der Waals surface area contributed by atoms with Crippen molar-refractivity contribution in [3.05, 3.63) is 101 Å². The number of fused-ring (bicyclic) bond motifs is 3. The maximum atomic E-state index is 14.0. The number of rotatable bonds is 7. The van der Waals surface area contributed by atoms with Crippen molar-refractivity contribution < 1.29 is 14.3 Å². The lowest BCUT2D eigenvalue weighted by Gasteiger charge is -2.33. The number of piperidine rings is 1. The number of para-hydroxylation sites is 1. The third kappa shape index (κ3) is 4.73. The van der Waals surface area contributed by atoms with Gasteiger partial charge >= 0.3 is 0 Å². The van der Waals surface area contributed by atoms with Crippen LogP contribution in [0.3, 0.4) is 0 Å². The SMILES string of the molecule is COc1c(C(=O)NC2CCN(c3ccccn3)CC2)n(C)c2c1c(=O)n(CC(=O)c1ccccc1)c1ccccc21. The van der Waals surface area contributed by atoms with Crippen LogP contribution >= 0.6 is 0 Å². The van der Waals surface area contributed by atoms with Crippen LogP contribution in [0.2, 0.25) is 0 Å². The number of anilines is 1. The van der Waals surface area contributed by atoms with Gasteiger partial charge in [0.25, 0.3) is 11.5 Å². The number of hydrogen-bond donors (Lipinski definition) is 1. The molecule has 3 aromatic heterocycles. The van der Waals surface area contributed by atoms with Crippen molar-refractivity contribution in [1.29, 1.82) is 0 Å². The molecule has 0 aliphatic carbocycles. The molecular formula is C32H31N5O4. The maximum Gasteiger partial charge on any atom is 0.272 e. The number of nitrogens with one attached hydrogen (secondary N) is 1. The molecule has 1 aliphatic heterocycles. The summed E-state index contributed by atoms with van der Waals surface area (Å²) in [7, 11) is 3.24. The number of hydrogen-bond acceptors (Lipinski definition) is 6. The normalized spacial score (nSPS) is 14.0. The van der Waals surface area contributed by atoms with Crippen LogP contribution in [0.4, 0.5) is 5.82 Å². The van der Waals surface area contributed by atoms with Crippen molar-refractivity contribution in [3.63, 3.8) is 0 Å². The van der Waals surface area contributed by atoms with Crippen LogP contribution < -0.4 is 20.5 Å². The molecular weight excluding hydrogens is 518 g/mol. The maximum absolute atomic E-state index is 14.0. The predicted molar refractivity (Wildman–Crippen MR) is 159 cm³/mol. The molecule has 2 aromatic carbocycles. The van der Waals surface area contributed by atoms with E-state index in [-0.39, 0.29) is 46.7 Å². The second-order valence-corrected chi connectivity index (χ2v) is 10.3. The van der Waals surface area contributed by atoms with E-state index in [2.05, 4.69) is 15.2 Å². The number of carbonyl (C=O) groups is 2. The van der Waals surface area contributed by atoms with Gasteiger partial charge in [0.05, 0.1) is 24.7 Å². The largest absolute Gasteiger partial charge is 0.493 e. The summed E-state index contributed by atoms with van der Waals surface area (Å²) in [6.07, 6.45) is 3.32. The minimum absolute atomic E-state index is 0.0259. The number of amides is 1. The lowest BCUT2D eigenvalue weighted by Crippen LogP contribution is -2.45. The van der Waals surface area contributed by atoms with Crippen molar-refractivity contribution in [1.82, 2.24) is 19.4 Å². The average Bonchev–Trinajstić information content (AvgIpc) is 3.32. The number of pyridine rings is 2. The van der Waals surface area contributed by atoms with Crippen molar-refractivity contribution in [2.45, 2.75) is 25.4 Å². The van der Waals surface area contributed by atoms with E-state index in [1.807, 2.05) is 48.5 Å². The zero-order valence-electron chi connectivity index (χ0n) is 23.0. The van der Waals surface area contributed by atoms with E-state index >= 15 is 0 Å². The van der Waals surface area contributed by atoms with E-state index in [1.54, 1.807) is 42.1 Å². The Balaban J connectivity index is 1.36. The Morgan fingerprint density at radius 2 is 1.68 bits per heavy atom. The Kier molecular flexibility index (Phi) is 7.01. The lowest BCUT2D eigenvalue weighted by atomic mass is 10.0. The van der Waals surface area contributed by atoms with Gasteiger partial charge in [0.15, 0.2) is 17.2 Å². The number of ether oxygens (including phenoxy) is 1. The second kappa shape index (κ2) is 10.9. The van der Waals surface area contributed by atoms with Gasteiger partial charge in [-0.05, 0) is 31.0 Å². The van der Waals surface area contributed by atoms with E-state index in [0.717, 1.165) is 37.1 Å². The number of nitrogens with zero attached hydrogens (tertiary/aromatic N) is 4. The molecule has 0 unspecified atom stereocenters. The quantitative estimate of drug-likeness (QED) is 0.306. The smallest absolute Gasteiger partial charge is 0.272 e. The van der Waals surface area contributed by atoms with Crippen LogP contribution in [-0.2, 0) is 13.6 Å². The summed E-state index contributed by atoms with van der Waals surface area (Å²) < 4.78 is 8.96. The van der Waals surface area contributed by atoms with Crippen molar-refractivity contribution in [2.75, 3.05) is 25.1 Å². The fourth-order valence-corrected chi connectivity index (χ4v) is 5.84. The van der Waals surface area contributed by atoms with Crippen LogP contribution in [0.15, 0.2) is 83.8 Å². The first-order chi connectivity index (χ1) is 20.0. The van der Waals surface area contributed by atoms with E-state index in [9.17, 15) is 14.4 Å². The highest BCUT2D eigenvalue weighted by atomic mass is 16.5. The number of aromatic nitrogens is 3. The van der Waals surface area contributed by atoms with Gasteiger partial charge in [-0.1, -0.05) is 54.6 Å². The molecule has 208 valence electrons. The van der Waals surface area contributed by atoms with Gasteiger partial charge in [-0.15, -0.1) is 0 Å². The standard InChI is InChI=1S/C32H31N5O4/c1-35-28-23-12-6-7-13-24(23)37(20-25(38)21-10-4-3-5-11-21)32(40)27(28)30(41-2)29(35)31(39)34-22-15-18-36(19-16-22)26-14-8-9-17-33-26/h3-14,17,22H,15-16,18-20H2,1-2H3,(H,34,39). The number of Topliss-reactive ketones (excluding diaryl/α,β-unsaturated/α-hetero) is 1. The molecule has 1 saturated heterocycles. The summed E-state index contributed by atoms with van der Waals surface area (Å²) in [6, 6.07) is 22.2. The van der Waals surface area contributed by atoms with Gasteiger partial charge in [-0.25, -0.2) is 4.98 Å². The molecule has 9 heteroatoms. The molecule has 1 fully saturated rings. The summed E-state index contributed by atoms with van der Waals surface area (Å²) >= 11 is 0. The molecule has 1 aliphatic rings. The summed E-state index contributed by atoms with van der Waals surface area (Å²) in [5.41, 5.74) is 1.65. The molecule has 4 heterocycles. The molecule has 6 rings (SSSR count).